The lowest BCUT2D eigenvalue weighted by molar-refractivity contribution is 0.172. The fourth-order valence-electron chi connectivity index (χ4n) is 2.04. The summed E-state index contributed by atoms with van der Waals surface area (Å²) in [5.41, 5.74) is 1.82. The van der Waals surface area contributed by atoms with Crippen LogP contribution in [0.1, 0.15) is 24.2 Å². The van der Waals surface area contributed by atoms with Crippen LogP contribution in [0.2, 0.25) is 5.02 Å². The van der Waals surface area contributed by atoms with E-state index in [1.807, 2.05) is 55.5 Å². The highest BCUT2D eigenvalue weighted by atomic mass is 35.5. The minimum atomic E-state index is -0.596. The smallest absolute Gasteiger partial charge is 0.125 e. The van der Waals surface area contributed by atoms with Gasteiger partial charge in [-0.3, -0.25) is 0 Å². The highest BCUT2D eigenvalue weighted by molar-refractivity contribution is 6.30. The van der Waals surface area contributed by atoms with Crippen LogP contribution >= 0.6 is 11.6 Å². The molecule has 19 heavy (non-hydrogen) atoms. The number of rotatable bonds is 5. The number of hydrogen-bond acceptors (Lipinski definition) is 2. The summed E-state index contributed by atoms with van der Waals surface area (Å²) in [5, 5.41) is 11.0. The molecule has 0 saturated carbocycles. The van der Waals surface area contributed by atoms with Crippen molar-refractivity contribution in [3.8, 4) is 5.75 Å². The first kappa shape index (κ1) is 13.9. The van der Waals surface area contributed by atoms with E-state index in [0.29, 0.717) is 18.1 Å². The van der Waals surface area contributed by atoms with Crippen molar-refractivity contribution in [2.45, 2.75) is 19.4 Å². The molecule has 0 fully saturated rings. The van der Waals surface area contributed by atoms with E-state index < -0.39 is 6.10 Å². The average Bonchev–Trinajstić information content (AvgIpc) is 2.39. The fraction of sp³-hybridized carbons (Fsp3) is 0.250. The third kappa shape index (κ3) is 3.72. The van der Waals surface area contributed by atoms with Crippen molar-refractivity contribution in [2.75, 3.05) is 6.61 Å². The van der Waals surface area contributed by atoms with Gasteiger partial charge in [-0.15, -0.1) is 0 Å². The first-order valence-corrected chi connectivity index (χ1v) is 6.72. The Balaban J connectivity index is 2.17. The topological polar surface area (TPSA) is 29.5 Å². The Morgan fingerprint density at radius 1 is 1.16 bits per heavy atom. The van der Waals surface area contributed by atoms with E-state index in [-0.39, 0.29) is 0 Å². The van der Waals surface area contributed by atoms with Crippen LogP contribution < -0.4 is 4.74 Å². The summed E-state index contributed by atoms with van der Waals surface area (Å²) < 4.78 is 5.53. The number of benzene rings is 2. The van der Waals surface area contributed by atoms with Gasteiger partial charge in [-0.1, -0.05) is 41.9 Å². The molecule has 2 aromatic carbocycles. The zero-order chi connectivity index (χ0) is 13.7. The second-order valence-electron chi connectivity index (χ2n) is 4.32. The molecule has 1 atom stereocenters. The number of aliphatic hydroxyl groups is 1. The summed E-state index contributed by atoms with van der Waals surface area (Å²) in [6, 6.07) is 15.1. The number of ether oxygens (including phenoxy) is 1. The normalized spacial score (nSPS) is 12.2. The lowest BCUT2D eigenvalue weighted by Crippen LogP contribution is -2.05. The van der Waals surface area contributed by atoms with Gasteiger partial charge in [-0.25, -0.2) is 0 Å². The maximum atomic E-state index is 10.3. The van der Waals surface area contributed by atoms with Crippen LogP contribution in [0.25, 0.3) is 0 Å². The van der Waals surface area contributed by atoms with E-state index in [9.17, 15) is 5.11 Å². The number of para-hydroxylation sites is 1. The predicted octanol–water partition coefficient (Wildman–Crippen LogP) is 4.01. The van der Waals surface area contributed by atoms with E-state index in [1.54, 1.807) is 0 Å². The minimum absolute atomic E-state index is 0.518. The summed E-state index contributed by atoms with van der Waals surface area (Å²) in [6.07, 6.45) is -0.0776. The van der Waals surface area contributed by atoms with E-state index in [0.717, 1.165) is 16.9 Å². The van der Waals surface area contributed by atoms with Crippen LogP contribution in [-0.4, -0.2) is 11.7 Å². The molecule has 2 rings (SSSR count). The van der Waals surface area contributed by atoms with Crippen LogP contribution in [0.5, 0.6) is 5.75 Å². The largest absolute Gasteiger partial charge is 0.493 e. The van der Waals surface area contributed by atoms with E-state index >= 15 is 0 Å². The van der Waals surface area contributed by atoms with Gasteiger partial charge in [0.1, 0.15) is 5.75 Å². The Morgan fingerprint density at radius 3 is 2.68 bits per heavy atom. The molecule has 3 heteroatoms. The van der Waals surface area contributed by atoms with Crippen molar-refractivity contribution in [2.24, 2.45) is 0 Å². The van der Waals surface area contributed by atoms with E-state index in [2.05, 4.69) is 0 Å². The lowest BCUT2D eigenvalue weighted by Gasteiger charge is -2.15. The Morgan fingerprint density at radius 2 is 1.95 bits per heavy atom. The third-order valence-corrected chi connectivity index (χ3v) is 3.13. The molecule has 0 aliphatic rings. The van der Waals surface area contributed by atoms with Gasteiger partial charge in [0.05, 0.1) is 12.7 Å². The van der Waals surface area contributed by atoms with Gasteiger partial charge in [0, 0.05) is 17.0 Å². The van der Waals surface area contributed by atoms with Crippen LogP contribution in [-0.2, 0) is 6.42 Å². The number of aliphatic hydroxyl groups excluding tert-OH is 1. The van der Waals surface area contributed by atoms with Gasteiger partial charge in [-0.2, -0.15) is 0 Å². The standard InChI is InChI=1S/C16H17ClO2/c1-2-19-16-9-4-3-8-14(16)15(18)11-12-6-5-7-13(17)10-12/h3-10,15,18H,2,11H2,1H3. The minimum Gasteiger partial charge on any atom is -0.493 e. The second kappa shape index (κ2) is 6.60. The second-order valence-corrected chi connectivity index (χ2v) is 4.76. The predicted molar refractivity (Wildman–Crippen MR) is 77.7 cm³/mol. The zero-order valence-electron chi connectivity index (χ0n) is 10.8. The first-order chi connectivity index (χ1) is 9.20. The molecular weight excluding hydrogens is 260 g/mol. The average molecular weight is 277 g/mol. The molecule has 2 aromatic rings. The summed E-state index contributed by atoms with van der Waals surface area (Å²) >= 11 is 5.95. The van der Waals surface area contributed by atoms with E-state index in [1.165, 1.54) is 0 Å². The summed E-state index contributed by atoms with van der Waals surface area (Å²) in [5.74, 6) is 0.736. The van der Waals surface area contributed by atoms with Crippen molar-refractivity contribution in [3.63, 3.8) is 0 Å². The van der Waals surface area contributed by atoms with Crippen molar-refractivity contribution >= 4 is 11.6 Å². The van der Waals surface area contributed by atoms with Gasteiger partial charge >= 0.3 is 0 Å². The summed E-state index contributed by atoms with van der Waals surface area (Å²) in [4.78, 5) is 0. The highest BCUT2D eigenvalue weighted by Crippen LogP contribution is 2.28. The maximum absolute atomic E-state index is 10.3. The maximum Gasteiger partial charge on any atom is 0.125 e. The molecule has 2 nitrogen and oxygen atoms in total. The van der Waals surface area contributed by atoms with Crippen LogP contribution in [0, 0.1) is 0 Å². The molecule has 1 N–H and O–H groups in total. The summed E-state index contributed by atoms with van der Waals surface area (Å²) in [6.45, 7) is 2.51. The van der Waals surface area contributed by atoms with Gasteiger partial charge in [0.2, 0.25) is 0 Å². The molecule has 0 spiro atoms. The van der Waals surface area contributed by atoms with Crippen LogP contribution in [0.3, 0.4) is 0 Å². The van der Waals surface area contributed by atoms with Crippen molar-refractivity contribution in [1.29, 1.82) is 0 Å². The van der Waals surface area contributed by atoms with E-state index in [4.69, 9.17) is 16.3 Å². The molecule has 0 bridgehead atoms. The van der Waals surface area contributed by atoms with Gasteiger partial charge in [0.25, 0.3) is 0 Å². The summed E-state index contributed by atoms with van der Waals surface area (Å²) in [7, 11) is 0. The number of hydrogen-bond donors (Lipinski definition) is 1. The van der Waals surface area contributed by atoms with Crippen molar-refractivity contribution in [1.82, 2.24) is 0 Å². The Bertz CT molecular complexity index is 540. The number of halogens is 1. The SMILES string of the molecule is CCOc1ccccc1C(O)Cc1cccc(Cl)c1. The van der Waals surface area contributed by atoms with Gasteiger partial charge in [-0.05, 0) is 30.7 Å². The van der Waals surface area contributed by atoms with Crippen molar-refractivity contribution in [3.05, 3.63) is 64.7 Å². The van der Waals surface area contributed by atoms with Crippen LogP contribution in [0.4, 0.5) is 0 Å². The third-order valence-electron chi connectivity index (χ3n) is 2.90. The Kier molecular flexibility index (Phi) is 4.83. The molecule has 0 amide bonds. The highest BCUT2D eigenvalue weighted by Gasteiger charge is 2.13. The van der Waals surface area contributed by atoms with Crippen LogP contribution in [0.15, 0.2) is 48.5 Å². The quantitative estimate of drug-likeness (QED) is 0.894. The zero-order valence-corrected chi connectivity index (χ0v) is 11.6. The first-order valence-electron chi connectivity index (χ1n) is 6.35. The molecule has 0 radical (unpaired) electrons. The molecule has 0 saturated heterocycles. The van der Waals surface area contributed by atoms with Crippen molar-refractivity contribution < 1.29 is 9.84 Å². The van der Waals surface area contributed by atoms with Gasteiger partial charge < -0.3 is 9.84 Å². The molecule has 1 unspecified atom stereocenters. The molecule has 0 aromatic heterocycles. The monoisotopic (exact) mass is 276 g/mol. The van der Waals surface area contributed by atoms with Gasteiger partial charge in [0.15, 0.2) is 0 Å². The molecular formula is C16H17ClO2. The fourth-order valence-corrected chi connectivity index (χ4v) is 2.25. The molecule has 100 valence electrons. The lowest BCUT2D eigenvalue weighted by atomic mass is 10.0. The Hall–Kier alpha value is -1.51. The molecule has 0 heterocycles. The molecule has 0 aliphatic carbocycles. The molecule has 0 aliphatic heterocycles. The Labute approximate surface area is 118 Å².